The molecule has 1 aromatic heterocycles. The van der Waals surface area contributed by atoms with Crippen molar-refractivity contribution >= 4 is 44.8 Å². The number of aromatic nitrogens is 1. The molecule has 16 heteroatoms. The Kier molecular flexibility index (Phi) is 8.02. The third-order valence-electron chi connectivity index (χ3n) is 5.60. The number of anilines is 2. The van der Waals surface area contributed by atoms with Gasteiger partial charge in [-0.05, 0) is 30.7 Å². The maximum Gasteiger partial charge on any atom is 0.407 e. The topological polar surface area (TPSA) is 161 Å². The van der Waals surface area contributed by atoms with Crippen molar-refractivity contribution in [2.24, 2.45) is 13.0 Å². The Balaban J connectivity index is 1.96. The van der Waals surface area contributed by atoms with E-state index in [-0.39, 0.29) is 17.8 Å². The van der Waals surface area contributed by atoms with E-state index in [1.54, 1.807) is 0 Å². The Bertz CT molecular complexity index is 1320. The number of rotatable bonds is 8. The van der Waals surface area contributed by atoms with Crippen molar-refractivity contribution < 1.29 is 44.8 Å². The average molecular weight is 550 g/mol. The van der Waals surface area contributed by atoms with Gasteiger partial charge in [-0.1, -0.05) is 0 Å². The van der Waals surface area contributed by atoms with E-state index in [1.165, 1.54) is 26.1 Å². The molecule has 3 atom stereocenters. The second-order valence-electron chi connectivity index (χ2n) is 8.25. The van der Waals surface area contributed by atoms with Gasteiger partial charge in [0.15, 0.2) is 5.82 Å². The smallest absolute Gasteiger partial charge is 0.407 e. The maximum absolute atomic E-state index is 15.5. The van der Waals surface area contributed by atoms with Crippen LogP contribution >= 0.6 is 0 Å². The zero-order valence-corrected chi connectivity index (χ0v) is 20.9. The van der Waals surface area contributed by atoms with E-state index < -0.39 is 81.5 Å². The van der Waals surface area contributed by atoms with Gasteiger partial charge in [0.05, 0.1) is 18.9 Å². The molecule has 3 rings (SSSR count). The van der Waals surface area contributed by atoms with E-state index in [0.29, 0.717) is 4.31 Å². The summed E-state index contributed by atoms with van der Waals surface area (Å²) in [6.07, 6.45) is 0.426. The Hall–Kier alpha value is -3.08. The summed E-state index contributed by atoms with van der Waals surface area (Å²) in [6.45, 7) is 0.257. The molecular formula is C20H23F2N4O8S2-. The van der Waals surface area contributed by atoms with Crippen LogP contribution in [0.3, 0.4) is 0 Å². The van der Waals surface area contributed by atoms with E-state index in [0.717, 1.165) is 28.0 Å². The molecule has 1 fully saturated rings. The van der Waals surface area contributed by atoms with E-state index in [1.807, 2.05) is 0 Å². The molecule has 198 valence electrons. The zero-order chi connectivity index (χ0) is 26.9. The number of carbonyl (C=O) groups excluding carboxylic acids is 1. The Morgan fingerprint density at radius 3 is 2.56 bits per heavy atom. The first-order valence-electron chi connectivity index (χ1n) is 10.3. The van der Waals surface area contributed by atoms with Crippen molar-refractivity contribution in [2.75, 3.05) is 35.6 Å². The molecule has 2 heterocycles. The Morgan fingerprint density at radius 1 is 1.33 bits per heavy atom. The first-order chi connectivity index (χ1) is 16.7. The van der Waals surface area contributed by atoms with Gasteiger partial charge in [0, 0.05) is 49.2 Å². The van der Waals surface area contributed by atoms with E-state index >= 15 is 4.39 Å². The summed E-state index contributed by atoms with van der Waals surface area (Å²) in [7, 11) is -2.64. The minimum Gasteiger partial charge on any atom is -0.755 e. The molecule has 0 aliphatic carbocycles. The molecule has 1 aliphatic rings. The number of aryl methyl sites for hydroxylation is 2. The van der Waals surface area contributed by atoms with Gasteiger partial charge in [-0.15, -0.1) is 0 Å². The summed E-state index contributed by atoms with van der Waals surface area (Å²) in [5.74, 6) is -3.63. The SMILES string of the molecule is Cc1cc(NC(=O)c2c(F)c(N([C@H]3CN(C(=O)O)C[C@H]3COS(C)(=O)=O)S(=O)[O-])cn2C)ccc1F. The lowest BCUT2D eigenvalue weighted by molar-refractivity contribution is 0.101. The van der Waals surface area contributed by atoms with Gasteiger partial charge in [-0.2, -0.15) is 8.42 Å². The predicted octanol–water partition coefficient (Wildman–Crippen LogP) is 1.42. The number of hydrogen-bond acceptors (Lipinski definition) is 7. The molecule has 12 nitrogen and oxygen atoms in total. The van der Waals surface area contributed by atoms with E-state index in [4.69, 9.17) is 4.18 Å². The highest BCUT2D eigenvalue weighted by atomic mass is 32.2. The average Bonchev–Trinajstić information content (AvgIpc) is 3.30. The van der Waals surface area contributed by atoms with Crippen LogP contribution in [0.1, 0.15) is 16.1 Å². The number of amides is 2. The first kappa shape index (κ1) is 27.5. The molecule has 0 bridgehead atoms. The van der Waals surface area contributed by atoms with Crippen molar-refractivity contribution in [3.05, 3.63) is 47.3 Å². The van der Waals surface area contributed by atoms with Crippen molar-refractivity contribution in [1.29, 1.82) is 0 Å². The fourth-order valence-electron chi connectivity index (χ4n) is 3.93. The second kappa shape index (κ2) is 10.5. The number of benzene rings is 1. The Morgan fingerprint density at radius 2 is 2.00 bits per heavy atom. The Labute approximate surface area is 208 Å². The molecule has 0 saturated carbocycles. The van der Waals surface area contributed by atoms with E-state index in [2.05, 4.69) is 5.32 Å². The van der Waals surface area contributed by atoms with Crippen LogP contribution < -0.4 is 9.62 Å². The lowest BCUT2D eigenvalue weighted by Gasteiger charge is -2.34. The van der Waals surface area contributed by atoms with Crippen LogP contribution in [0.4, 0.5) is 25.0 Å². The van der Waals surface area contributed by atoms with Crippen LogP contribution in [0.5, 0.6) is 0 Å². The van der Waals surface area contributed by atoms with Gasteiger partial charge in [0.25, 0.3) is 16.0 Å². The molecule has 2 aromatic rings. The van der Waals surface area contributed by atoms with Gasteiger partial charge in [-0.3, -0.25) is 17.5 Å². The highest BCUT2D eigenvalue weighted by Gasteiger charge is 2.42. The largest absolute Gasteiger partial charge is 0.755 e. The van der Waals surface area contributed by atoms with Crippen LogP contribution in [0, 0.1) is 24.5 Å². The van der Waals surface area contributed by atoms with Crippen LogP contribution in [-0.2, 0) is 32.6 Å². The molecule has 1 unspecified atom stereocenters. The number of hydrogen-bond donors (Lipinski definition) is 2. The summed E-state index contributed by atoms with van der Waals surface area (Å²) < 4.78 is 82.6. The first-order valence-corrected chi connectivity index (χ1v) is 13.2. The predicted molar refractivity (Wildman–Crippen MR) is 124 cm³/mol. The molecule has 2 amide bonds. The monoisotopic (exact) mass is 549 g/mol. The number of halogens is 2. The standard InChI is InChI=1S/C20H24F2N4O8S2/c1-11-6-13(4-5-14(11)21)23-19(27)18-17(22)16(8-24(18)2)26(35(30)31)15-9-25(20(28)29)7-12(15)10-34-36(3,32)33/h4-6,8,12,15H,7,9-10H2,1-3H3,(H,23,27)(H,28,29)(H,30,31)/p-1/t12-,15-/m0/s1. The fourth-order valence-corrected chi connectivity index (χ4v) is 5.10. The molecule has 1 saturated heterocycles. The van der Waals surface area contributed by atoms with Crippen LogP contribution in [0.2, 0.25) is 0 Å². The van der Waals surface area contributed by atoms with Crippen LogP contribution in [0.25, 0.3) is 0 Å². The number of carboxylic acid groups (broad SMARTS) is 1. The molecule has 36 heavy (non-hydrogen) atoms. The lowest BCUT2D eigenvalue weighted by atomic mass is 10.1. The molecule has 2 N–H and O–H groups in total. The summed E-state index contributed by atoms with van der Waals surface area (Å²) in [5, 5.41) is 11.8. The van der Waals surface area contributed by atoms with Crippen molar-refractivity contribution in [3.63, 3.8) is 0 Å². The minimum absolute atomic E-state index is 0.177. The molecule has 0 spiro atoms. The number of nitrogens with one attached hydrogen (secondary N) is 1. The van der Waals surface area contributed by atoms with Crippen LogP contribution in [0.15, 0.2) is 24.4 Å². The summed E-state index contributed by atoms with van der Waals surface area (Å²) >= 11 is -3.15. The van der Waals surface area contributed by atoms with Gasteiger partial charge >= 0.3 is 6.09 Å². The van der Waals surface area contributed by atoms with Crippen LogP contribution in [-0.4, -0.2) is 75.7 Å². The molecule has 0 radical (unpaired) electrons. The normalized spacial score (nSPS) is 18.8. The van der Waals surface area contributed by atoms with Gasteiger partial charge in [0.1, 0.15) is 17.2 Å². The van der Waals surface area contributed by atoms with Gasteiger partial charge in [0.2, 0.25) is 0 Å². The minimum atomic E-state index is -3.93. The molecule has 1 aromatic carbocycles. The van der Waals surface area contributed by atoms with Gasteiger partial charge < -0.3 is 24.4 Å². The lowest BCUT2D eigenvalue weighted by Crippen LogP contribution is -2.44. The van der Waals surface area contributed by atoms with Crippen molar-refractivity contribution in [2.45, 2.75) is 13.0 Å². The summed E-state index contributed by atoms with van der Waals surface area (Å²) in [4.78, 5) is 25.1. The highest BCUT2D eigenvalue weighted by molar-refractivity contribution is 7.86. The zero-order valence-electron chi connectivity index (χ0n) is 19.3. The number of nitrogens with zero attached hydrogens (tertiary/aromatic N) is 3. The maximum atomic E-state index is 15.5. The second-order valence-corrected chi connectivity index (χ2v) is 10.7. The van der Waals surface area contributed by atoms with Crippen molar-refractivity contribution in [1.82, 2.24) is 9.47 Å². The third-order valence-corrected chi connectivity index (χ3v) is 6.96. The summed E-state index contributed by atoms with van der Waals surface area (Å²) in [6, 6.07) is 2.49. The van der Waals surface area contributed by atoms with Crippen molar-refractivity contribution in [3.8, 4) is 0 Å². The third kappa shape index (κ3) is 6.00. The molecule has 1 aliphatic heterocycles. The molecular weight excluding hydrogens is 526 g/mol. The van der Waals surface area contributed by atoms with Gasteiger partial charge in [-0.25, -0.2) is 13.6 Å². The summed E-state index contributed by atoms with van der Waals surface area (Å²) in [5.41, 5.74) is -0.677. The van der Waals surface area contributed by atoms with E-state index in [9.17, 15) is 36.3 Å². The number of carbonyl (C=O) groups is 2. The number of likely N-dealkylation sites (tertiary alicyclic amines) is 1. The fraction of sp³-hybridized carbons (Fsp3) is 0.400. The quantitative estimate of drug-likeness (QED) is 0.369. The highest BCUT2D eigenvalue weighted by Crippen LogP contribution is 2.33.